The molecular weight excluding hydrogens is 495 g/mol. The van der Waals surface area contributed by atoms with Crippen molar-refractivity contribution in [1.29, 1.82) is 0 Å². The number of hydrogen-bond acceptors (Lipinski definition) is 7. The molecule has 1 amide bonds. The van der Waals surface area contributed by atoms with Crippen molar-refractivity contribution in [2.24, 2.45) is 0 Å². The Balaban J connectivity index is 1.35. The van der Waals surface area contributed by atoms with Crippen molar-refractivity contribution in [2.75, 3.05) is 24.7 Å². The van der Waals surface area contributed by atoms with E-state index in [0.29, 0.717) is 12.5 Å². The van der Waals surface area contributed by atoms with Crippen LogP contribution in [0.5, 0.6) is 5.75 Å². The zero-order valence-corrected chi connectivity index (χ0v) is 22.6. The van der Waals surface area contributed by atoms with Crippen molar-refractivity contribution in [3.05, 3.63) is 59.0 Å². The molecule has 5 rings (SSSR count). The van der Waals surface area contributed by atoms with Gasteiger partial charge in [0.1, 0.15) is 15.8 Å². The van der Waals surface area contributed by atoms with Crippen LogP contribution in [0.2, 0.25) is 0 Å². The highest BCUT2D eigenvalue weighted by Crippen LogP contribution is 2.46. The highest BCUT2D eigenvalue weighted by Gasteiger charge is 2.28. The summed E-state index contributed by atoms with van der Waals surface area (Å²) in [5.41, 5.74) is 3.50. The van der Waals surface area contributed by atoms with Gasteiger partial charge in [-0.2, -0.15) is 0 Å². The lowest BCUT2D eigenvalue weighted by atomic mass is 10.0. The van der Waals surface area contributed by atoms with E-state index in [2.05, 4.69) is 42.3 Å². The maximum atomic E-state index is 13.0. The van der Waals surface area contributed by atoms with Gasteiger partial charge in [-0.25, -0.2) is 4.98 Å². The molecule has 1 aliphatic rings. The second-order valence-corrected chi connectivity index (χ2v) is 12.1. The Morgan fingerprint density at radius 2 is 1.97 bits per heavy atom. The Morgan fingerprint density at radius 3 is 2.71 bits per heavy atom. The molecule has 0 fully saturated rings. The number of rotatable bonds is 8. The van der Waals surface area contributed by atoms with Crippen LogP contribution in [-0.2, 0) is 17.8 Å². The number of amides is 1. The number of carbonyl (C=O) groups is 1. The predicted molar refractivity (Wildman–Crippen MR) is 149 cm³/mol. The van der Waals surface area contributed by atoms with E-state index in [0.717, 1.165) is 57.0 Å². The number of thioether (sulfide) groups is 1. The third-order valence-corrected chi connectivity index (χ3v) is 9.43. The number of nitrogens with one attached hydrogen (secondary N) is 1. The molecule has 182 valence electrons. The Bertz CT molecular complexity index is 1290. The number of hydrogen-bond donors (Lipinski definition) is 1. The van der Waals surface area contributed by atoms with Gasteiger partial charge in [0, 0.05) is 46.6 Å². The summed E-state index contributed by atoms with van der Waals surface area (Å²) in [6.45, 7) is 6.45. The van der Waals surface area contributed by atoms with Gasteiger partial charge in [0.05, 0.1) is 17.3 Å². The summed E-state index contributed by atoms with van der Waals surface area (Å²) in [7, 11) is 1.66. The maximum absolute atomic E-state index is 13.0. The number of aromatic nitrogens is 1. The molecule has 0 unspecified atom stereocenters. The first kappa shape index (κ1) is 24.3. The summed E-state index contributed by atoms with van der Waals surface area (Å²) < 4.78 is 6.40. The molecule has 2 aromatic heterocycles. The van der Waals surface area contributed by atoms with Gasteiger partial charge in [0.15, 0.2) is 0 Å². The standard InChI is InChI=1S/C27H29N3O2S3/c1-17(2)30-14-12-20-23(16-30)35-27(25(20)26-28-21-6-4-5-7-22(21)34-26)29-24(31)13-15-33-19-10-8-18(32-3)9-11-19/h4-11,17H,12-16H2,1-3H3,(H,29,31). The molecule has 35 heavy (non-hydrogen) atoms. The summed E-state index contributed by atoms with van der Waals surface area (Å²) in [5.74, 6) is 1.61. The molecule has 1 N–H and O–H groups in total. The van der Waals surface area contributed by atoms with Crippen LogP contribution < -0.4 is 10.1 Å². The minimum Gasteiger partial charge on any atom is -0.497 e. The van der Waals surface area contributed by atoms with E-state index in [1.807, 2.05) is 30.3 Å². The molecule has 1 aliphatic heterocycles. The van der Waals surface area contributed by atoms with Gasteiger partial charge in [-0.1, -0.05) is 12.1 Å². The number of thiazole rings is 1. The topological polar surface area (TPSA) is 54.5 Å². The molecule has 0 saturated heterocycles. The van der Waals surface area contributed by atoms with Gasteiger partial charge < -0.3 is 10.1 Å². The molecule has 0 bridgehead atoms. The number of para-hydroxylation sites is 1. The molecule has 4 aromatic rings. The van der Waals surface area contributed by atoms with Gasteiger partial charge in [-0.15, -0.1) is 34.4 Å². The molecule has 0 saturated carbocycles. The number of benzene rings is 2. The zero-order valence-electron chi connectivity index (χ0n) is 20.2. The quantitative estimate of drug-likeness (QED) is 0.254. The maximum Gasteiger partial charge on any atom is 0.225 e. The zero-order chi connectivity index (χ0) is 24.4. The molecule has 0 spiro atoms. The smallest absolute Gasteiger partial charge is 0.225 e. The third-order valence-electron chi connectivity index (χ3n) is 6.23. The highest BCUT2D eigenvalue weighted by molar-refractivity contribution is 7.99. The summed E-state index contributed by atoms with van der Waals surface area (Å²) in [6, 6.07) is 16.7. The lowest BCUT2D eigenvalue weighted by molar-refractivity contribution is -0.115. The van der Waals surface area contributed by atoms with Crippen molar-refractivity contribution < 1.29 is 9.53 Å². The lowest BCUT2D eigenvalue weighted by Gasteiger charge is -2.30. The van der Waals surface area contributed by atoms with Gasteiger partial charge in [0.2, 0.25) is 5.91 Å². The number of fused-ring (bicyclic) bond motifs is 2. The fourth-order valence-electron chi connectivity index (χ4n) is 4.28. The Hall–Kier alpha value is -2.39. The van der Waals surface area contributed by atoms with Crippen molar-refractivity contribution in [3.63, 3.8) is 0 Å². The number of methoxy groups -OCH3 is 1. The lowest BCUT2D eigenvalue weighted by Crippen LogP contribution is -2.35. The van der Waals surface area contributed by atoms with Crippen molar-refractivity contribution in [3.8, 4) is 16.3 Å². The highest BCUT2D eigenvalue weighted by atomic mass is 32.2. The summed E-state index contributed by atoms with van der Waals surface area (Å²) >= 11 is 5.12. The Kier molecular flexibility index (Phi) is 7.43. The molecule has 0 radical (unpaired) electrons. The molecule has 0 atom stereocenters. The van der Waals surface area contributed by atoms with Gasteiger partial charge in [-0.05, 0) is 62.2 Å². The van der Waals surface area contributed by atoms with E-state index in [-0.39, 0.29) is 5.91 Å². The summed E-state index contributed by atoms with van der Waals surface area (Å²) in [6.07, 6.45) is 1.44. The van der Waals surface area contributed by atoms with E-state index in [1.165, 1.54) is 15.1 Å². The molecule has 5 nitrogen and oxygen atoms in total. The van der Waals surface area contributed by atoms with Gasteiger partial charge in [-0.3, -0.25) is 9.69 Å². The van der Waals surface area contributed by atoms with Crippen molar-refractivity contribution in [1.82, 2.24) is 9.88 Å². The molecule has 2 aromatic carbocycles. The van der Waals surface area contributed by atoms with Crippen LogP contribution in [0.1, 0.15) is 30.7 Å². The minimum absolute atomic E-state index is 0.0488. The number of nitrogens with zero attached hydrogens (tertiary/aromatic N) is 2. The number of anilines is 1. The fraction of sp³-hybridized carbons (Fsp3) is 0.333. The fourth-order valence-corrected chi connectivity index (χ4v) is 7.53. The van der Waals surface area contributed by atoms with E-state index in [4.69, 9.17) is 9.72 Å². The first-order valence-corrected chi connectivity index (χ1v) is 14.4. The third kappa shape index (κ3) is 5.40. The summed E-state index contributed by atoms with van der Waals surface area (Å²) in [4.78, 5) is 22.9. The predicted octanol–water partition coefficient (Wildman–Crippen LogP) is 6.92. The largest absolute Gasteiger partial charge is 0.497 e. The average molecular weight is 524 g/mol. The molecular formula is C27H29N3O2S3. The first-order chi connectivity index (χ1) is 17.0. The second-order valence-electron chi connectivity index (χ2n) is 8.83. The van der Waals surface area contributed by atoms with E-state index >= 15 is 0 Å². The van der Waals surface area contributed by atoms with E-state index < -0.39 is 0 Å². The normalized spacial score (nSPS) is 13.8. The van der Waals surface area contributed by atoms with Crippen molar-refractivity contribution in [2.45, 2.75) is 44.2 Å². The van der Waals surface area contributed by atoms with Crippen LogP contribution in [0, 0.1) is 0 Å². The average Bonchev–Trinajstić information content (AvgIpc) is 3.44. The number of carbonyl (C=O) groups excluding carboxylic acids is 1. The van der Waals surface area contributed by atoms with E-state index in [9.17, 15) is 4.79 Å². The van der Waals surface area contributed by atoms with Crippen LogP contribution in [0.4, 0.5) is 5.00 Å². The van der Waals surface area contributed by atoms with Crippen LogP contribution in [0.15, 0.2) is 53.4 Å². The van der Waals surface area contributed by atoms with Crippen molar-refractivity contribution >= 4 is 55.6 Å². The second kappa shape index (κ2) is 10.7. The molecule has 3 heterocycles. The Morgan fingerprint density at radius 1 is 1.17 bits per heavy atom. The Labute approximate surface area is 218 Å². The number of ether oxygens (including phenoxy) is 1. The SMILES string of the molecule is COc1ccc(SCCC(=O)Nc2sc3c(c2-c2nc4ccccc4s2)CCN(C(C)C)C3)cc1. The van der Waals surface area contributed by atoms with Crippen LogP contribution in [-0.4, -0.2) is 41.2 Å². The van der Waals surface area contributed by atoms with Gasteiger partial charge >= 0.3 is 0 Å². The van der Waals surface area contributed by atoms with Crippen LogP contribution in [0.3, 0.4) is 0 Å². The van der Waals surface area contributed by atoms with Crippen LogP contribution >= 0.6 is 34.4 Å². The van der Waals surface area contributed by atoms with E-state index in [1.54, 1.807) is 41.5 Å². The monoisotopic (exact) mass is 523 g/mol. The first-order valence-electron chi connectivity index (χ1n) is 11.8. The molecule has 8 heteroatoms. The van der Waals surface area contributed by atoms with Gasteiger partial charge in [0.25, 0.3) is 0 Å². The number of thiophene rings is 1. The minimum atomic E-state index is 0.0488. The molecule has 0 aliphatic carbocycles. The summed E-state index contributed by atoms with van der Waals surface area (Å²) in [5, 5.41) is 5.20. The van der Waals surface area contributed by atoms with Crippen LogP contribution in [0.25, 0.3) is 20.8 Å².